The van der Waals surface area contributed by atoms with Crippen LogP contribution in [0.1, 0.15) is 0 Å². The molecule has 3 heterocycles. The van der Waals surface area contributed by atoms with Gasteiger partial charge in [0, 0.05) is 19.3 Å². The molecule has 0 radical (unpaired) electrons. The fraction of sp³-hybridized carbons (Fsp3) is 0.167. The Hall–Kier alpha value is -2.12. The standard InChI is InChI=1S/C12H11Cl2N7/c13-8-5-9(14)12(17-6-8)16-4-3-15-10-1-2-11-19-18-7-21(11)20-10/h1-2,5-7H,3-4H2,(H,15,20)(H,16,17). The van der Waals surface area contributed by atoms with Crippen molar-refractivity contribution in [2.24, 2.45) is 0 Å². The molecule has 9 heteroatoms. The van der Waals surface area contributed by atoms with Crippen LogP contribution in [0.2, 0.25) is 10.0 Å². The highest BCUT2D eigenvalue weighted by Gasteiger charge is 2.02. The third-order valence-corrected chi connectivity index (χ3v) is 3.19. The van der Waals surface area contributed by atoms with E-state index in [1.165, 1.54) is 0 Å². The van der Waals surface area contributed by atoms with Crippen molar-refractivity contribution in [2.75, 3.05) is 23.7 Å². The lowest BCUT2D eigenvalue weighted by Gasteiger charge is -2.09. The van der Waals surface area contributed by atoms with Gasteiger partial charge in [-0.2, -0.15) is 4.52 Å². The van der Waals surface area contributed by atoms with E-state index in [-0.39, 0.29) is 0 Å². The maximum Gasteiger partial charge on any atom is 0.177 e. The normalized spacial score (nSPS) is 10.8. The van der Waals surface area contributed by atoms with Crippen molar-refractivity contribution < 1.29 is 0 Å². The summed E-state index contributed by atoms with van der Waals surface area (Å²) in [7, 11) is 0. The summed E-state index contributed by atoms with van der Waals surface area (Å²) < 4.78 is 1.60. The van der Waals surface area contributed by atoms with Crippen molar-refractivity contribution in [2.45, 2.75) is 0 Å². The smallest absolute Gasteiger partial charge is 0.177 e. The minimum atomic E-state index is 0.492. The highest BCUT2D eigenvalue weighted by molar-refractivity contribution is 6.35. The van der Waals surface area contributed by atoms with Gasteiger partial charge < -0.3 is 10.6 Å². The molecule has 0 aromatic carbocycles. The Morgan fingerprint density at radius 3 is 2.86 bits per heavy atom. The van der Waals surface area contributed by atoms with Crippen LogP contribution < -0.4 is 10.6 Å². The Kier molecular flexibility index (Phi) is 4.03. The number of anilines is 2. The molecule has 0 aliphatic carbocycles. The van der Waals surface area contributed by atoms with Gasteiger partial charge in [0.2, 0.25) is 0 Å². The zero-order valence-corrected chi connectivity index (χ0v) is 12.3. The van der Waals surface area contributed by atoms with Crippen molar-refractivity contribution in [3.8, 4) is 0 Å². The number of rotatable bonds is 5. The molecule has 0 saturated carbocycles. The fourth-order valence-corrected chi connectivity index (χ4v) is 2.19. The second kappa shape index (κ2) is 6.11. The van der Waals surface area contributed by atoms with Crippen LogP contribution in [0, 0.1) is 0 Å². The Morgan fingerprint density at radius 1 is 1.14 bits per heavy atom. The molecule has 3 aromatic rings. The average Bonchev–Trinajstić information content (AvgIpc) is 2.93. The molecule has 0 aliphatic rings. The number of hydrogen-bond donors (Lipinski definition) is 2. The van der Waals surface area contributed by atoms with Gasteiger partial charge in [0.15, 0.2) is 5.65 Å². The molecular weight excluding hydrogens is 313 g/mol. The summed E-state index contributed by atoms with van der Waals surface area (Å²) >= 11 is 11.8. The highest BCUT2D eigenvalue weighted by atomic mass is 35.5. The van der Waals surface area contributed by atoms with Crippen molar-refractivity contribution in [3.05, 3.63) is 40.8 Å². The summed E-state index contributed by atoms with van der Waals surface area (Å²) in [5, 5.41) is 19.3. The van der Waals surface area contributed by atoms with Crippen LogP contribution in [0.4, 0.5) is 11.6 Å². The molecule has 21 heavy (non-hydrogen) atoms. The SMILES string of the molecule is Clc1cnc(NCCNc2ccc3nncn3n2)c(Cl)c1. The zero-order chi connectivity index (χ0) is 14.7. The van der Waals surface area contributed by atoms with Crippen LogP contribution in [0.15, 0.2) is 30.7 Å². The van der Waals surface area contributed by atoms with Gasteiger partial charge in [-0.1, -0.05) is 23.2 Å². The first kappa shape index (κ1) is 13.8. The fourth-order valence-electron chi connectivity index (χ4n) is 1.74. The minimum absolute atomic E-state index is 0.492. The molecule has 3 rings (SSSR count). The lowest BCUT2D eigenvalue weighted by Crippen LogP contribution is -2.15. The summed E-state index contributed by atoms with van der Waals surface area (Å²) in [6, 6.07) is 5.33. The second-order valence-corrected chi connectivity index (χ2v) is 5.03. The van der Waals surface area contributed by atoms with Crippen LogP contribution in [0.3, 0.4) is 0 Å². The van der Waals surface area contributed by atoms with Crippen LogP contribution in [-0.4, -0.2) is 37.9 Å². The Morgan fingerprint density at radius 2 is 2.00 bits per heavy atom. The summed E-state index contributed by atoms with van der Waals surface area (Å²) in [4.78, 5) is 4.12. The highest BCUT2D eigenvalue weighted by Crippen LogP contribution is 2.22. The van der Waals surface area contributed by atoms with Crippen molar-refractivity contribution in [1.82, 2.24) is 24.8 Å². The molecule has 0 atom stereocenters. The number of aromatic nitrogens is 5. The first-order chi connectivity index (χ1) is 10.2. The molecule has 0 amide bonds. The van der Waals surface area contributed by atoms with E-state index in [1.54, 1.807) is 23.1 Å². The van der Waals surface area contributed by atoms with Gasteiger partial charge >= 0.3 is 0 Å². The average molecular weight is 324 g/mol. The maximum atomic E-state index is 6.02. The molecule has 108 valence electrons. The summed E-state index contributed by atoms with van der Waals surface area (Å²) in [5.74, 6) is 1.34. The third kappa shape index (κ3) is 3.32. The Balaban J connectivity index is 1.53. The first-order valence-corrected chi connectivity index (χ1v) is 6.94. The molecule has 0 saturated heterocycles. The largest absolute Gasteiger partial charge is 0.367 e. The topological polar surface area (TPSA) is 80.0 Å². The maximum absolute atomic E-state index is 6.02. The predicted molar refractivity (Wildman–Crippen MR) is 82.0 cm³/mol. The molecule has 2 N–H and O–H groups in total. The van der Waals surface area contributed by atoms with Gasteiger partial charge in [-0.25, -0.2) is 4.98 Å². The summed E-state index contributed by atoms with van der Waals surface area (Å²) in [6.07, 6.45) is 3.10. The van der Waals surface area contributed by atoms with Gasteiger partial charge in [0.05, 0.1) is 10.0 Å². The summed E-state index contributed by atoms with van der Waals surface area (Å²) in [6.45, 7) is 1.29. The van der Waals surface area contributed by atoms with Crippen molar-refractivity contribution >= 4 is 40.5 Å². The van der Waals surface area contributed by atoms with Crippen LogP contribution >= 0.6 is 23.2 Å². The molecular formula is C12H11Cl2N7. The molecule has 7 nitrogen and oxygen atoms in total. The van der Waals surface area contributed by atoms with E-state index in [2.05, 4.69) is 30.9 Å². The monoisotopic (exact) mass is 323 g/mol. The molecule has 0 spiro atoms. The minimum Gasteiger partial charge on any atom is -0.367 e. The van der Waals surface area contributed by atoms with Gasteiger partial charge in [0.1, 0.15) is 18.0 Å². The van der Waals surface area contributed by atoms with E-state index >= 15 is 0 Å². The third-order valence-electron chi connectivity index (χ3n) is 2.69. The molecule has 3 aromatic heterocycles. The quantitative estimate of drug-likeness (QED) is 0.701. The summed E-state index contributed by atoms with van der Waals surface area (Å²) in [5.41, 5.74) is 0.704. The number of hydrogen-bond acceptors (Lipinski definition) is 6. The molecule has 0 unspecified atom stereocenters. The lowest BCUT2D eigenvalue weighted by atomic mass is 10.4. The van der Waals surface area contributed by atoms with E-state index in [1.807, 2.05) is 12.1 Å². The lowest BCUT2D eigenvalue weighted by molar-refractivity contribution is 0.915. The number of pyridine rings is 1. The van der Waals surface area contributed by atoms with Gasteiger partial charge in [-0.05, 0) is 18.2 Å². The Bertz CT molecular complexity index is 758. The van der Waals surface area contributed by atoms with E-state index < -0.39 is 0 Å². The number of halogens is 2. The van der Waals surface area contributed by atoms with E-state index in [0.717, 1.165) is 5.82 Å². The first-order valence-electron chi connectivity index (χ1n) is 6.18. The second-order valence-electron chi connectivity index (χ2n) is 4.19. The van der Waals surface area contributed by atoms with E-state index in [0.29, 0.717) is 34.6 Å². The molecule has 0 bridgehead atoms. The number of nitrogens with zero attached hydrogens (tertiary/aromatic N) is 5. The Labute approximate surface area is 130 Å². The number of fused-ring (bicyclic) bond motifs is 1. The van der Waals surface area contributed by atoms with Crippen molar-refractivity contribution in [1.29, 1.82) is 0 Å². The van der Waals surface area contributed by atoms with Gasteiger partial charge in [-0.15, -0.1) is 15.3 Å². The van der Waals surface area contributed by atoms with Crippen molar-refractivity contribution in [3.63, 3.8) is 0 Å². The van der Waals surface area contributed by atoms with Crippen LogP contribution in [0.25, 0.3) is 5.65 Å². The van der Waals surface area contributed by atoms with E-state index in [9.17, 15) is 0 Å². The predicted octanol–water partition coefficient (Wildman–Crippen LogP) is 2.35. The van der Waals surface area contributed by atoms with Gasteiger partial charge in [0.25, 0.3) is 0 Å². The van der Waals surface area contributed by atoms with Gasteiger partial charge in [-0.3, -0.25) is 0 Å². The van der Waals surface area contributed by atoms with Crippen LogP contribution in [-0.2, 0) is 0 Å². The molecule has 0 aliphatic heterocycles. The van der Waals surface area contributed by atoms with Crippen LogP contribution in [0.5, 0.6) is 0 Å². The number of nitrogens with one attached hydrogen (secondary N) is 2. The van der Waals surface area contributed by atoms with E-state index in [4.69, 9.17) is 23.2 Å². The molecule has 0 fully saturated rings. The zero-order valence-electron chi connectivity index (χ0n) is 10.8.